The molecule has 1 aliphatic rings. The topological polar surface area (TPSA) is 41.6 Å². The number of ether oxygens (including phenoxy) is 1. The molecule has 0 saturated heterocycles. The van der Waals surface area contributed by atoms with E-state index in [9.17, 15) is 4.79 Å². The van der Waals surface area contributed by atoms with Gasteiger partial charge in [0, 0.05) is 12.6 Å². The first-order chi connectivity index (χ1) is 11.8. The predicted molar refractivity (Wildman–Crippen MR) is 103 cm³/mol. The number of hydrogen-bond donors (Lipinski definition) is 1. The van der Waals surface area contributed by atoms with Crippen LogP contribution in [0.4, 0.5) is 0 Å². The fourth-order valence-electron chi connectivity index (χ4n) is 3.91. The number of amides is 1. The SMILES string of the molecule is COc1c(C)cc(CN(C)C(C)C(=O)NC2CCCCC2C)cc1C. The predicted octanol–water partition coefficient (Wildman–Crippen LogP) is 3.83. The molecule has 0 bridgehead atoms. The molecule has 0 aromatic heterocycles. The van der Waals surface area contributed by atoms with Gasteiger partial charge in [0.25, 0.3) is 0 Å². The molecule has 0 radical (unpaired) electrons. The zero-order valence-electron chi connectivity index (χ0n) is 16.7. The van der Waals surface area contributed by atoms with E-state index in [2.05, 4.69) is 43.1 Å². The molecule has 1 N–H and O–H groups in total. The van der Waals surface area contributed by atoms with Gasteiger partial charge in [-0.25, -0.2) is 0 Å². The van der Waals surface area contributed by atoms with E-state index in [1.165, 1.54) is 24.8 Å². The lowest BCUT2D eigenvalue weighted by Gasteiger charge is -2.32. The van der Waals surface area contributed by atoms with Crippen molar-refractivity contribution in [3.05, 3.63) is 28.8 Å². The van der Waals surface area contributed by atoms with Gasteiger partial charge in [0.2, 0.25) is 5.91 Å². The molecular weight excluding hydrogens is 312 g/mol. The standard InChI is InChI=1S/C21H34N2O2/c1-14-9-7-8-10-19(14)22-21(24)17(4)23(5)13-18-11-15(2)20(25-6)16(3)12-18/h11-12,14,17,19H,7-10,13H2,1-6H3,(H,22,24). The Hall–Kier alpha value is -1.55. The molecule has 0 aliphatic heterocycles. The lowest BCUT2D eigenvalue weighted by atomic mass is 9.86. The van der Waals surface area contributed by atoms with Crippen molar-refractivity contribution in [1.29, 1.82) is 0 Å². The summed E-state index contributed by atoms with van der Waals surface area (Å²) in [6, 6.07) is 4.49. The molecule has 25 heavy (non-hydrogen) atoms. The van der Waals surface area contributed by atoms with Crippen LogP contribution >= 0.6 is 0 Å². The van der Waals surface area contributed by atoms with Crippen LogP contribution in [0.25, 0.3) is 0 Å². The first-order valence-electron chi connectivity index (χ1n) is 9.48. The van der Waals surface area contributed by atoms with Gasteiger partial charge in [-0.3, -0.25) is 9.69 Å². The third-order valence-electron chi connectivity index (χ3n) is 5.64. The number of carbonyl (C=O) groups excluding carboxylic acids is 1. The van der Waals surface area contributed by atoms with Crippen LogP contribution in [0.5, 0.6) is 5.75 Å². The summed E-state index contributed by atoms with van der Waals surface area (Å²) in [5.74, 6) is 1.67. The molecular formula is C21H34N2O2. The van der Waals surface area contributed by atoms with E-state index in [0.717, 1.165) is 29.8 Å². The van der Waals surface area contributed by atoms with Crippen LogP contribution in [0.1, 0.15) is 56.2 Å². The number of carbonyl (C=O) groups is 1. The number of nitrogens with zero attached hydrogens (tertiary/aromatic N) is 1. The van der Waals surface area contributed by atoms with E-state index in [1.54, 1.807) is 7.11 Å². The molecule has 1 aliphatic carbocycles. The Morgan fingerprint density at radius 2 is 1.88 bits per heavy atom. The average Bonchev–Trinajstić information content (AvgIpc) is 2.56. The summed E-state index contributed by atoms with van der Waals surface area (Å²) in [4.78, 5) is 14.8. The van der Waals surface area contributed by atoms with E-state index in [1.807, 2.05) is 14.0 Å². The molecule has 1 aromatic rings. The van der Waals surface area contributed by atoms with Gasteiger partial charge in [-0.05, 0) is 63.3 Å². The maximum atomic E-state index is 12.7. The van der Waals surface area contributed by atoms with Crippen LogP contribution < -0.4 is 10.1 Å². The third-order valence-corrected chi connectivity index (χ3v) is 5.64. The second kappa shape index (κ2) is 8.70. The molecule has 4 heteroatoms. The van der Waals surface area contributed by atoms with Gasteiger partial charge in [-0.1, -0.05) is 31.9 Å². The van der Waals surface area contributed by atoms with Gasteiger partial charge >= 0.3 is 0 Å². The zero-order valence-corrected chi connectivity index (χ0v) is 16.7. The minimum Gasteiger partial charge on any atom is -0.496 e. The zero-order chi connectivity index (χ0) is 18.6. The smallest absolute Gasteiger partial charge is 0.237 e. The largest absolute Gasteiger partial charge is 0.496 e. The van der Waals surface area contributed by atoms with Crippen molar-refractivity contribution in [2.75, 3.05) is 14.2 Å². The third kappa shape index (κ3) is 4.97. The van der Waals surface area contributed by atoms with Crippen LogP contribution in [-0.2, 0) is 11.3 Å². The Morgan fingerprint density at radius 1 is 1.28 bits per heavy atom. The highest BCUT2D eigenvalue weighted by Crippen LogP contribution is 2.26. The van der Waals surface area contributed by atoms with Gasteiger partial charge in [0.15, 0.2) is 0 Å². The number of rotatable bonds is 6. The normalized spacial score (nSPS) is 21.9. The highest BCUT2D eigenvalue weighted by atomic mass is 16.5. The Bertz CT molecular complexity index is 577. The van der Waals surface area contributed by atoms with Crippen LogP contribution in [-0.4, -0.2) is 37.0 Å². The summed E-state index contributed by atoms with van der Waals surface area (Å²) in [5, 5.41) is 3.28. The van der Waals surface area contributed by atoms with Gasteiger partial charge in [-0.2, -0.15) is 0 Å². The molecule has 4 nitrogen and oxygen atoms in total. The summed E-state index contributed by atoms with van der Waals surface area (Å²) >= 11 is 0. The van der Waals surface area contributed by atoms with E-state index >= 15 is 0 Å². The molecule has 1 fully saturated rings. The molecule has 3 atom stereocenters. The second-order valence-electron chi connectivity index (χ2n) is 7.73. The van der Waals surface area contributed by atoms with Crippen LogP contribution in [0.15, 0.2) is 12.1 Å². The first-order valence-corrected chi connectivity index (χ1v) is 9.48. The highest BCUT2D eigenvalue weighted by molar-refractivity contribution is 5.81. The Balaban J connectivity index is 1.97. The quantitative estimate of drug-likeness (QED) is 0.851. The minimum absolute atomic E-state index is 0.142. The maximum absolute atomic E-state index is 12.7. The van der Waals surface area contributed by atoms with Crippen LogP contribution in [0, 0.1) is 19.8 Å². The van der Waals surface area contributed by atoms with Crippen molar-refractivity contribution in [3.63, 3.8) is 0 Å². The summed E-state index contributed by atoms with van der Waals surface area (Å²) in [7, 11) is 3.73. The lowest BCUT2D eigenvalue weighted by Crippen LogP contribution is -2.49. The second-order valence-corrected chi connectivity index (χ2v) is 7.73. The van der Waals surface area contributed by atoms with Crippen molar-refractivity contribution < 1.29 is 9.53 Å². The fraction of sp³-hybridized carbons (Fsp3) is 0.667. The average molecular weight is 347 g/mol. The molecule has 140 valence electrons. The number of hydrogen-bond acceptors (Lipinski definition) is 3. The summed E-state index contributed by atoms with van der Waals surface area (Å²) in [6.45, 7) is 9.12. The van der Waals surface area contributed by atoms with Crippen molar-refractivity contribution in [2.45, 2.75) is 72.0 Å². The van der Waals surface area contributed by atoms with E-state index in [0.29, 0.717) is 12.0 Å². The van der Waals surface area contributed by atoms with Crippen molar-refractivity contribution in [2.24, 2.45) is 5.92 Å². The van der Waals surface area contributed by atoms with E-state index < -0.39 is 0 Å². The number of likely N-dealkylation sites (N-methyl/N-ethyl adjacent to an activating group) is 1. The van der Waals surface area contributed by atoms with Gasteiger partial charge in [0.05, 0.1) is 13.2 Å². The Morgan fingerprint density at radius 3 is 2.44 bits per heavy atom. The number of nitrogens with one attached hydrogen (secondary N) is 1. The first kappa shape index (κ1) is 19.8. The summed E-state index contributed by atoms with van der Waals surface area (Å²) in [5.41, 5.74) is 3.49. The molecule has 0 heterocycles. The minimum atomic E-state index is -0.142. The lowest BCUT2D eigenvalue weighted by molar-refractivity contribution is -0.126. The summed E-state index contributed by atoms with van der Waals surface area (Å²) < 4.78 is 5.44. The monoisotopic (exact) mass is 346 g/mol. The molecule has 3 unspecified atom stereocenters. The van der Waals surface area contributed by atoms with Crippen molar-refractivity contribution >= 4 is 5.91 Å². The molecule has 2 rings (SSSR count). The van der Waals surface area contributed by atoms with Crippen LogP contribution in [0.3, 0.4) is 0 Å². The molecule has 0 spiro atoms. The molecule has 1 amide bonds. The molecule has 1 saturated carbocycles. The van der Waals surface area contributed by atoms with Crippen molar-refractivity contribution in [1.82, 2.24) is 10.2 Å². The van der Waals surface area contributed by atoms with E-state index in [4.69, 9.17) is 4.74 Å². The summed E-state index contributed by atoms with van der Waals surface area (Å²) in [6.07, 6.45) is 4.85. The van der Waals surface area contributed by atoms with Gasteiger partial charge < -0.3 is 10.1 Å². The van der Waals surface area contributed by atoms with Gasteiger partial charge in [0.1, 0.15) is 5.75 Å². The maximum Gasteiger partial charge on any atom is 0.237 e. The Labute approximate surface area is 152 Å². The number of benzene rings is 1. The number of aryl methyl sites for hydroxylation is 2. The van der Waals surface area contributed by atoms with Crippen molar-refractivity contribution in [3.8, 4) is 5.75 Å². The van der Waals surface area contributed by atoms with Gasteiger partial charge in [-0.15, -0.1) is 0 Å². The van der Waals surface area contributed by atoms with Crippen LogP contribution in [0.2, 0.25) is 0 Å². The molecule has 1 aromatic carbocycles. The fourth-order valence-corrected chi connectivity index (χ4v) is 3.91. The Kier molecular flexibility index (Phi) is 6.88. The highest BCUT2D eigenvalue weighted by Gasteiger charge is 2.26. The number of methoxy groups -OCH3 is 1. The van der Waals surface area contributed by atoms with E-state index in [-0.39, 0.29) is 11.9 Å².